The average molecular weight is 442 g/mol. The van der Waals surface area contributed by atoms with Crippen molar-refractivity contribution in [2.45, 2.75) is 6.92 Å². The second-order valence-electron chi connectivity index (χ2n) is 6.11. The maximum Gasteiger partial charge on any atom is 0.266 e. The molecule has 1 N–H and O–H groups in total. The fourth-order valence-corrected chi connectivity index (χ4v) is 3.40. The van der Waals surface area contributed by atoms with Gasteiger partial charge in [-0.3, -0.25) is 14.5 Å². The van der Waals surface area contributed by atoms with Crippen molar-refractivity contribution in [3.8, 4) is 6.07 Å². The van der Waals surface area contributed by atoms with Gasteiger partial charge in [0.2, 0.25) is 5.91 Å². The number of hydrogen-bond donors (Lipinski definition) is 1. The first-order valence-electron chi connectivity index (χ1n) is 8.69. The average Bonchev–Trinajstić information content (AvgIpc) is 3.17. The monoisotopic (exact) mass is 442 g/mol. The van der Waals surface area contributed by atoms with E-state index in [9.17, 15) is 28.0 Å². The molecule has 0 unspecified atom stereocenters. The molecule has 0 saturated heterocycles. The third kappa shape index (κ3) is 4.96. The standard InChI is InChI=1S/C21H13F3N4O2S/c1-12(29)28(19-7-6-14(22)9-17(19)24)21-26-15(11-31-21)8-13(10-25)20(30)27-18-5-3-2-4-16(18)23/h2-9,11H,1H3,(H,27,30)/b13-8+. The van der Waals surface area contributed by atoms with E-state index in [2.05, 4.69) is 10.3 Å². The summed E-state index contributed by atoms with van der Waals surface area (Å²) in [5.41, 5.74) is -0.504. The molecular weight excluding hydrogens is 429 g/mol. The van der Waals surface area contributed by atoms with Crippen molar-refractivity contribution < 1.29 is 22.8 Å². The van der Waals surface area contributed by atoms with E-state index in [1.54, 1.807) is 6.07 Å². The lowest BCUT2D eigenvalue weighted by Gasteiger charge is -2.18. The van der Waals surface area contributed by atoms with Crippen LogP contribution in [-0.2, 0) is 9.59 Å². The van der Waals surface area contributed by atoms with Crippen LogP contribution < -0.4 is 10.2 Å². The summed E-state index contributed by atoms with van der Waals surface area (Å²) in [5.74, 6) is -3.85. The highest BCUT2D eigenvalue weighted by Gasteiger charge is 2.22. The molecule has 0 bridgehead atoms. The molecule has 2 aromatic carbocycles. The number of thiazole rings is 1. The smallest absolute Gasteiger partial charge is 0.266 e. The highest BCUT2D eigenvalue weighted by atomic mass is 32.1. The van der Waals surface area contributed by atoms with Crippen LogP contribution in [-0.4, -0.2) is 16.8 Å². The molecule has 0 aliphatic rings. The van der Waals surface area contributed by atoms with Crippen LogP contribution in [0.15, 0.2) is 53.4 Å². The Kier molecular flexibility index (Phi) is 6.47. The molecule has 1 aromatic heterocycles. The molecule has 0 spiro atoms. The van der Waals surface area contributed by atoms with Crippen molar-refractivity contribution in [1.29, 1.82) is 5.26 Å². The van der Waals surface area contributed by atoms with Gasteiger partial charge in [0.05, 0.1) is 17.1 Å². The van der Waals surface area contributed by atoms with Crippen molar-refractivity contribution in [2.24, 2.45) is 0 Å². The first-order chi connectivity index (χ1) is 14.8. The predicted octanol–water partition coefficient (Wildman–Crippen LogP) is 4.79. The second kappa shape index (κ2) is 9.23. The van der Waals surface area contributed by atoms with Gasteiger partial charge in [-0.1, -0.05) is 12.1 Å². The Morgan fingerprint density at radius 1 is 1.16 bits per heavy atom. The number of benzene rings is 2. The van der Waals surface area contributed by atoms with E-state index in [0.29, 0.717) is 6.07 Å². The van der Waals surface area contributed by atoms with E-state index in [1.807, 2.05) is 0 Å². The fourth-order valence-electron chi connectivity index (χ4n) is 2.56. The lowest BCUT2D eigenvalue weighted by Crippen LogP contribution is -2.23. The number of carbonyl (C=O) groups is 2. The number of nitriles is 1. The fraction of sp³-hybridized carbons (Fsp3) is 0.0476. The van der Waals surface area contributed by atoms with Crippen LogP contribution in [0.1, 0.15) is 12.6 Å². The first kappa shape index (κ1) is 21.7. The third-order valence-electron chi connectivity index (χ3n) is 3.95. The van der Waals surface area contributed by atoms with E-state index >= 15 is 0 Å². The zero-order valence-corrected chi connectivity index (χ0v) is 16.7. The van der Waals surface area contributed by atoms with Gasteiger partial charge in [-0.25, -0.2) is 18.2 Å². The molecule has 156 valence electrons. The van der Waals surface area contributed by atoms with Crippen LogP contribution in [0.5, 0.6) is 0 Å². The number of carbonyl (C=O) groups excluding carboxylic acids is 2. The van der Waals surface area contributed by atoms with Gasteiger partial charge in [0, 0.05) is 18.4 Å². The predicted molar refractivity (Wildman–Crippen MR) is 110 cm³/mol. The normalized spacial score (nSPS) is 11.0. The highest BCUT2D eigenvalue weighted by molar-refractivity contribution is 7.14. The minimum absolute atomic E-state index is 0.0519. The van der Waals surface area contributed by atoms with Gasteiger partial charge < -0.3 is 5.32 Å². The van der Waals surface area contributed by atoms with Crippen LogP contribution in [0.3, 0.4) is 0 Å². The quantitative estimate of drug-likeness (QED) is 0.455. The Morgan fingerprint density at radius 3 is 2.55 bits per heavy atom. The van der Waals surface area contributed by atoms with Crippen molar-refractivity contribution in [2.75, 3.05) is 10.2 Å². The van der Waals surface area contributed by atoms with Crippen LogP contribution in [0, 0.1) is 28.8 Å². The number of nitrogens with one attached hydrogen (secondary N) is 1. The molecule has 0 fully saturated rings. The number of aromatic nitrogens is 1. The molecule has 3 aromatic rings. The SMILES string of the molecule is CC(=O)N(c1nc(/C=C(\C#N)C(=O)Nc2ccccc2F)cs1)c1ccc(F)cc1F. The van der Waals surface area contributed by atoms with Gasteiger partial charge in [0.1, 0.15) is 29.1 Å². The molecular formula is C21H13F3N4O2S. The topological polar surface area (TPSA) is 86.1 Å². The third-order valence-corrected chi connectivity index (χ3v) is 4.79. The van der Waals surface area contributed by atoms with Crippen molar-refractivity contribution in [3.05, 3.63) is 76.6 Å². The van der Waals surface area contributed by atoms with Gasteiger partial charge in [-0.05, 0) is 30.3 Å². The van der Waals surface area contributed by atoms with E-state index in [0.717, 1.165) is 40.5 Å². The summed E-state index contributed by atoms with van der Waals surface area (Å²) in [6, 6.07) is 9.92. The Labute approximate surface area is 178 Å². The summed E-state index contributed by atoms with van der Waals surface area (Å²) in [6.07, 6.45) is 1.15. The number of nitrogens with zero attached hydrogens (tertiary/aromatic N) is 3. The summed E-state index contributed by atoms with van der Waals surface area (Å²) in [6.45, 7) is 1.18. The molecule has 1 heterocycles. The molecule has 31 heavy (non-hydrogen) atoms. The van der Waals surface area contributed by atoms with Gasteiger partial charge >= 0.3 is 0 Å². The number of anilines is 3. The summed E-state index contributed by atoms with van der Waals surface area (Å²) in [5, 5.41) is 13.1. The van der Waals surface area contributed by atoms with Gasteiger partial charge in [0.15, 0.2) is 5.13 Å². The largest absolute Gasteiger partial charge is 0.319 e. The van der Waals surface area contributed by atoms with Crippen molar-refractivity contribution in [3.63, 3.8) is 0 Å². The van der Waals surface area contributed by atoms with Crippen LogP contribution in [0.4, 0.5) is 29.7 Å². The molecule has 6 nitrogen and oxygen atoms in total. The van der Waals surface area contributed by atoms with Crippen LogP contribution >= 0.6 is 11.3 Å². The summed E-state index contributed by atoms with van der Waals surface area (Å²) in [7, 11) is 0. The molecule has 0 aliphatic heterocycles. The highest BCUT2D eigenvalue weighted by Crippen LogP contribution is 2.31. The van der Waals surface area contributed by atoms with Crippen molar-refractivity contribution >= 4 is 45.7 Å². The number of rotatable bonds is 5. The van der Waals surface area contributed by atoms with E-state index in [4.69, 9.17) is 0 Å². The summed E-state index contributed by atoms with van der Waals surface area (Å²) in [4.78, 5) is 29.5. The minimum atomic E-state index is -0.954. The lowest BCUT2D eigenvalue weighted by molar-refractivity contribution is -0.116. The molecule has 0 radical (unpaired) electrons. The van der Waals surface area contributed by atoms with E-state index < -0.39 is 29.3 Å². The Morgan fingerprint density at radius 2 is 1.90 bits per heavy atom. The van der Waals surface area contributed by atoms with Gasteiger partial charge in [-0.2, -0.15) is 5.26 Å². The first-order valence-corrected chi connectivity index (χ1v) is 9.57. The Bertz CT molecular complexity index is 1230. The maximum atomic E-state index is 14.2. The summed E-state index contributed by atoms with van der Waals surface area (Å²) >= 11 is 0.952. The number of halogens is 3. The second-order valence-corrected chi connectivity index (χ2v) is 6.95. The number of hydrogen-bond acceptors (Lipinski definition) is 5. The molecule has 3 rings (SSSR count). The Hall–Kier alpha value is -3.97. The minimum Gasteiger partial charge on any atom is -0.319 e. The van der Waals surface area contributed by atoms with Crippen molar-refractivity contribution in [1.82, 2.24) is 4.98 Å². The number of amides is 2. The molecule has 0 saturated carbocycles. The maximum absolute atomic E-state index is 14.2. The number of para-hydroxylation sites is 1. The summed E-state index contributed by atoms with van der Waals surface area (Å²) < 4.78 is 41.1. The Balaban J connectivity index is 1.89. The molecule has 2 amide bonds. The molecule has 0 aliphatic carbocycles. The van der Waals surface area contributed by atoms with E-state index in [1.165, 1.54) is 30.5 Å². The zero-order chi connectivity index (χ0) is 22.5. The van der Waals surface area contributed by atoms with Gasteiger partial charge in [-0.15, -0.1) is 11.3 Å². The molecule has 0 atom stereocenters. The van der Waals surface area contributed by atoms with Gasteiger partial charge in [0.25, 0.3) is 5.91 Å². The lowest BCUT2D eigenvalue weighted by atomic mass is 10.2. The zero-order valence-electron chi connectivity index (χ0n) is 15.9. The van der Waals surface area contributed by atoms with Crippen LogP contribution in [0.25, 0.3) is 6.08 Å². The van der Waals surface area contributed by atoms with Crippen LogP contribution in [0.2, 0.25) is 0 Å². The molecule has 10 heteroatoms. The van der Waals surface area contributed by atoms with E-state index in [-0.39, 0.29) is 27.8 Å².